The van der Waals surface area contributed by atoms with Crippen molar-refractivity contribution in [3.63, 3.8) is 0 Å². The molecule has 0 radical (unpaired) electrons. The van der Waals surface area contributed by atoms with Gasteiger partial charge in [0.15, 0.2) is 0 Å². The summed E-state index contributed by atoms with van der Waals surface area (Å²) >= 11 is 0. The van der Waals surface area contributed by atoms with Crippen LogP contribution in [-0.4, -0.2) is 41.3 Å². The zero-order valence-corrected chi connectivity index (χ0v) is 9.90. The maximum atomic E-state index is 5.49. The monoisotopic (exact) mass is 212 g/mol. The van der Waals surface area contributed by atoms with Crippen molar-refractivity contribution < 1.29 is 4.74 Å². The molecule has 0 spiro atoms. The smallest absolute Gasteiger partial charge is 0.0693 e. The quantitative estimate of drug-likeness (QED) is 0.747. The standard InChI is InChI=1S/C10H20N4O/c1-10(2,15-4)9(7-11-3)8-14-12-5-6-13-14/h5-6,9,11H,7-8H2,1-4H3. The molecule has 1 heterocycles. The molecule has 0 aromatic carbocycles. The summed E-state index contributed by atoms with van der Waals surface area (Å²) in [6.07, 6.45) is 3.38. The molecule has 5 nitrogen and oxygen atoms in total. The number of methoxy groups -OCH3 is 1. The van der Waals surface area contributed by atoms with E-state index >= 15 is 0 Å². The first-order chi connectivity index (χ1) is 7.10. The van der Waals surface area contributed by atoms with Crippen molar-refractivity contribution in [1.29, 1.82) is 0 Å². The second-order valence-corrected chi connectivity index (χ2v) is 4.15. The third-order valence-corrected chi connectivity index (χ3v) is 2.81. The molecule has 1 atom stereocenters. The zero-order chi connectivity index (χ0) is 11.3. The van der Waals surface area contributed by atoms with Crippen molar-refractivity contribution in [2.45, 2.75) is 26.0 Å². The van der Waals surface area contributed by atoms with Crippen LogP contribution in [0.25, 0.3) is 0 Å². The lowest BCUT2D eigenvalue weighted by molar-refractivity contribution is -0.0349. The highest BCUT2D eigenvalue weighted by atomic mass is 16.5. The van der Waals surface area contributed by atoms with Crippen molar-refractivity contribution in [2.24, 2.45) is 5.92 Å². The molecule has 15 heavy (non-hydrogen) atoms. The Morgan fingerprint density at radius 1 is 1.40 bits per heavy atom. The Hall–Kier alpha value is -0.940. The van der Waals surface area contributed by atoms with E-state index in [2.05, 4.69) is 29.4 Å². The van der Waals surface area contributed by atoms with Gasteiger partial charge in [0, 0.05) is 19.6 Å². The van der Waals surface area contributed by atoms with E-state index in [1.165, 1.54) is 0 Å². The largest absolute Gasteiger partial charge is 0.378 e. The Bertz CT molecular complexity index is 271. The summed E-state index contributed by atoms with van der Waals surface area (Å²) < 4.78 is 5.49. The van der Waals surface area contributed by atoms with E-state index < -0.39 is 0 Å². The lowest BCUT2D eigenvalue weighted by Crippen LogP contribution is -2.42. The molecule has 0 bridgehead atoms. The summed E-state index contributed by atoms with van der Waals surface area (Å²) in [6, 6.07) is 0. The third-order valence-electron chi connectivity index (χ3n) is 2.81. The lowest BCUT2D eigenvalue weighted by Gasteiger charge is -2.32. The first-order valence-corrected chi connectivity index (χ1v) is 5.14. The van der Waals surface area contributed by atoms with Gasteiger partial charge < -0.3 is 10.1 Å². The molecular formula is C10H20N4O. The normalized spacial score (nSPS) is 14.1. The van der Waals surface area contributed by atoms with Crippen LogP contribution in [0.15, 0.2) is 12.4 Å². The number of nitrogens with zero attached hydrogens (tertiary/aromatic N) is 3. The molecule has 0 fully saturated rings. The summed E-state index contributed by atoms with van der Waals surface area (Å²) in [4.78, 5) is 1.70. The average Bonchev–Trinajstić information content (AvgIpc) is 2.70. The minimum Gasteiger partial charge on any atom is -0.378 e. The van der Waals surface area contributed by atoms with Gasteiger partial charge in [0.1, 0.15) is 0 Å². The molecule has 86 valence electrons. The molecule has 1 N–H and O–H groups in total. The molecule has 0 amide bonds. The van der Waals surface area contributed by atoms with E-state index in [4.69, 9.17) is 4.74 Å². The van der Waals surface area contributed by atoms with Crippen LogP contribution in [-0.2, 0) is 11.3 Å². The highest BCUT2D eigenvalue weighted by molar-refractivity contribution is 4.80. The molecule has 0 aliphatic carbocycles. The third kappa shape index (κ3) is 3.28. The van der Waals surface area contributed by atoms with Gasteiger partial charge in [0.2, 0.25) is 0 Å². The predicted molar refractivity (Wildman–Crippen MR) is 58.5 cm³/mol. The van der Waals surface area contributed by atoms with Gasteiger partial charge in [0.25, 0.3) is 0 Å². The summed E-state index contributed by atoms with van der Waals surface area (Å²) in [7, 11) is 3.68. The second kappa shape index (κ2) is 5.23. The fourth-order valence-electron chi connectivity index (χ4n) is 1.48. The van der Waals surface area contributed by atoms with Gasteiger partial charge in [-0.25, -0.2) is 0 Å². The molecule has 5 heteroatoms. The molecule has 1 aromatic rings. The Kier molecular flexibility index (Phi) is 4.23. The SMILES string of the molecule is CNCC(Cn1nccn1)C(C)(C)OC. The van der Waals surface area contributed by atoms with Crippen molar-refractivity contribution in [2.75, 3.05) is 20.7 Å². The predicted octanol–water partition coefficient (Wildman–Crippen LogP) is 0.539. The Labute approximate surface area is 90.8 Å². The first kappa shape index (κ1) is 12.1. The zero-order valence-electron chi connectivity index (χ0n) is 9.90. The fraction of sp³-hybridized carbons (Fsp3) is 0.800. The molecule has 1 unspecified atom stereocenters. The average molecular weight is 212 g/mol. The topological polar surface area (TPSA) is 52.0 Å². The van der Waals surface area contributed by atoms with Crippen molar-refractivity contribution in [1.82, 2.24) is 20.3 Å². The van der Waals surface area contributed by atoms with Gasteiger partial charge in [0.05, 0.1) is 24.5 Å². The second-order valence-electron chi connectivity index (χ2n) is 4.15. The van der Waals surface area contributed by atoms with E-state index in [9.17, 15) is 0 Å². The van der Waals surface area contributed by atoms with Crippen LogP contribution >= 0.6 is 0 Å². The summed E-state index contributed by atoms with van der Waals surface area (Å²) in [6.45, 7) is 5.80. The van der Waals surface area contributed by atoms with Crippen molar-refractivity contribution in [3.05, 3.63) is 12.4 Å². The lowest BCUT2D eigenvalue weighted by atomic mass is 9.90. The number of hydrogen-bond donors (Lipinski definition) is 1. The molecular weight excluding hydrogens is 192 g/mol. The Morgan fingerprint density at radius 2 is 2.00 bits per heavy atom. The number of rotatable bonds is 6. The van der Waals surface area contributed by atoms with Crippen molar-refractivity contribution in [3.8, 4) is 0 Å². The van der Waals surface area contributed by atoms with Crippen LogP contribution in [0.2, 0.25) is 0 Å². The molecule has 1 rings (SSSR count). The summed E-state index contributed by atoms with van der Waals surface area (Å²) in [5.41, 5.74) is -0.184. The highest BCUT2D eigenvalue weighted by Gasteiger charge is 2.29. The van der Waals surface area contributed by atoms with Gasteiger partial charge in [-0.3, -0.25) is 0 Å². The Morgan fingerprint density at radius 3 is 2.47 bits per heavy atom. The van der Waals surface area contributed by atoms with Gasteiger partial charge >= 0.3 is 0 Å². The maximum Gasteiger partial charge on any atom is 0.0693 e. The van der Waals surface area contributed by atoms with Gasteiger partial charge in [-0.1, -0.05) is 0 Å². The molecule has 0 saturated heterocycles. The van der Waals surface area contributed by atoms with Crippen LogP contribution in [0.3, 0.4) is 0 Å². The van der Waals surface area contributed by atoms with E-state index in [1.807, 2.05) is 7.05 Å². The van der Waals surface area contributed by atoms with Crippen LogP contribution in [0.4, 0.5) is 0 Å². The fourth-order valence-corrected chi connectivity index (χ4v) is 1.48. The highest BCUT2D eigenvalue weighted by Crippen LogP contribution is 2.21. The van der Waals surface area contributed by atoms with Crippen LogP contribution in [0, 0.1) is 5.92 Å². The van der Waals surface area contributed by atoms with E-state index in [-0.39, 0.29) is 5.60 Å². The van der Waals surface area contributed by atoms with E-state index in [1.54, 1.807) is 24.3 Å². The molecule has 1 aromatic heterocycles. The van der Waals surface area contributed by atoms with Crippen LogP contribution in [0.1, 0.15) is 13.8 Å². The van der Waals surface area contributed by atoms with E-state index in [0.29, 0.717) is 5.92 Å². The van der Waals surface area contributed by atoms with Gasteiger partial charge in [-0.2, -0.15) is 15.0 Å². The maximum absolute atomic E-state index is 5.49. The first-order valence-electron chi connectivity index (χ1n) is 5.14. The number of hydrogen-bond acceptors (Lipinski definition) is 4. The van der Waals surface area contributed by atoms with Crippen LogP contribution < -0.4 is 5.32 Å². The van der Waals surface area contributed by atoms with E-state index in [0.717, 1.165) is 13.1 Å². The number of nitrogens with one attached hydrogen (secondary N) is 1. The summed E-state index contributed by atoms with van der Waals surface area (Å²) in [5.74, 6) is 0.333. The molecule has 0 aliphatic heterocycles. The van der Waals surface area contributed by atoms with Crippen LogP contribution in [0.5, 0.6) is 0 Å². The van der Waals surface area contributed by atoms with Gasteiger partial charge in [-0.15, -0.1) is 0 Å². The minimum absolute atomic E-state index is 0.184. The summed E-state index contributed by atoms with van der Waals surface area (Å²) in [5, 5.41) is 11.4. The number of aromatic nitrogens is 3. The minimum atomic E-state index is -0.184. The Balaban J connectivity index is 2.66. The molecule has 0 aliphatic rings. The van der Waals surface area contributed by atoms with Gasteiger partial charge in [-0.05, 0) is 20.9 Å². The molecule has 0 saturated carbocycles. The number of ether oxygens (including phenoxy) is 1. The van der Waals surface area contributed by atoms with Crippen molar-refractivity contribution >= 4 is 0 Å².